The summed E-state index contributed by atoms with van der Waals surface area (Å²) in [6.07, 6.45) is 3.18. The Morgan fingerprint density at radius 1 is 1.35 bits per heavy atom. The summed E-state index contributed by atoms with van der Waals surface area (Å²) in [4.78, 5) is 20.0. The lowest BCUT2D eigenvalue weighted by Crippen LogP contribution is -2.19. The Morgan fingerprint density at radius 3 is 2.96 bits per heavy atom. The summed E-state index contributed by atoms with van der Waals surface area (Å²) in [5.41, 5.74) is 4.40. The quantitative estimate of drug-likeness (QED) is 0.436. The van der Waals surface area contributed by atoms with Crippen molar-refractivity contribution in [2.45, 2.75) is 5.22 Å². The van der Waals surface area contributed by atoms with E-state index in [1.807, 2.05) is 0 Å². The van der Waals surface area contributed by atoms with Gasteiger partial charge in [0.05, 0.1) is 12.0 Å². The third-order valence-electron chi connectivity index (χ3n) is 2.74. The van der Waals surface area contributed by atoms with E-state index >= 15 is 0 Å². The monoisotopic (exact) mass is 346 g/mol. The Balaban J connectivity index is 1.50. The zero-order valence-electron chi connectivity index (χ0n) is 11.8. The molecular formula is C15H11ClN4O2S. The highest BCUT2D eigenvalue weighted by Gasteiger charge is 2.09. The van der Waals surface area contributed by atoms with Crippen LogP contribution in [0.2, 0.25) is 5.02 Å². The minimum Gasteiger partial charge on any atom is -0.430 e. The topological polar surface area (TPSA) is 80.4 Å². The number of hydrogen-bond acceptors (Lipinski definition) is 6. The summed E-state index contributed by atoms with van der Waals surface area (Å²) >= 11 is 6.97. The molecule has 1 amide bonds. The number of fused-ring (bicyclic) bond motifs is 1. The molecule has 0 saturated carbocycles. The van der Waals surface area contributed by atoms with Crippen molar-refractivity contribution in [1.29, 1.82) is 0 Å². The summed E-state index contributed by atoms with van der Waals surface area (Å²) in [5.74, 6) is -0.111. The normalized spacial score (nSPS) is 11.2. The summed E-state index contributed by atoms with van der Waals surface area (Å²) in [7, 11) is 0. The van der Waals surface area contributed by atoms with Crippen LogP contribution in [-0.2, 0) is 4.79 Å². The van der Waals surface area contributed by atoms with Crippen molar-refractivity contribution in [3.05, 3.63) is 53.2 Å². The largest absolute Gasteiger partial charge is 0.430 e. The zero-order valence-corrected chi connectivity index (χ0v) is 13.3. The molecule has 23 heavy (non-hydrogen) atoms. The van der Waals surface area contributed by atoms with E-state index < -0.39 is 0 Å². The van der Waals surface area contributed by atoms with E-state index in [2.05, 4.69) is 20.5 Å². The highest BCUT2D eigenvalue weighted by atomic mass is 35.5. The molecule has 0 fully saturated rings. The molecule has 3 aromatic rings. The van der Waals surface area contributed by atoms with Crippen LogP contribution < -0.4 is 5.43 Å². The van der Waals surface area contributed by atoms with Gasteiger partial charge in [-0.05, 0) is 29.8 Å². The van der Waals surface area contributed by atoms with E-state index in [4.69, 9.17) is 16.0 Å². The van der Waals surface area contributed by atoms with Crippen molar-refractivity contribution in [1.82, 2.24) is 15.4 Å². The Hall–Kier alpha value is -2.38. The van der Waals surface area contributed by atoms with Gasteiger partial charge in [0.25, 0.3) is 11.1 Å². The van der Waals surface area contributed by atoms with Gasteiger partial charge in [-0.2, -0.15) is 10.1 Å². The second-order valence-corrected chi connectivity index (χ2v) is 5.80. The van der Waals surface area contributed by atoms with Crippen molar-refractivity contribution in [3.63, 3.8) is 0 Å². The van der Waals surface area contributed by atoms with Crippen molar-refractivity contribution < 1.29 is 9.21 Å². The molecule has 0 aliphatic rings. The predicted molar refractivity (Wildman–Crippen MR) is 89.7 cm³/mol. The molecule has 2 aromatic heterocycles. The van der Waals surface area contributed by atoms with Crippen LogP contribution in [0.1, 0.15) is 5.56 Å². The van der Waals surface area contributed by atoms with Gasteiger partial charge in [0, 0.05) is 11.2 Å². The number of pyridine rings is 1. The number of thioether (sulfide) groups is 1. The predicted octanol–water partition coefficient (Wildman–Crippen LogP) is 3.12. The fourth-order valence-electron chi connectivity index (χ4n) is 1.70. The molecule has 0 spiro atoms. The lowest BCUT2D eigenvalue weighted by atomic mass is 10.2. The number of nitrogens with one attached hydrogen (secondary N) is 1. The SMILES string of the molecule is O=C(CSc1nc2ncccc2o1)N/N=C/c1ccc(Cl)cc1. The van der Waals surface area contributed by atoms with Gasteiger partial charge >= 0.3 is 0 Å². The highest BCUT2D eigenvalue weighted by Crippen LogP contribution is 2.21. The van der Waals surface area contributed by atoms with Crippen molar-refractivity contribution >= 4 is 46.7 Å². The average molecular weight is 347 g/mol. The first kappa shape index (κ1) is 15.5. The Kier molecular flexibility index (Phi) is 4.89. The lowest BCUT2D eigenvalue weighted by Gasteiger charge is -1.97. The first-order valence-electron chi connectivity index (χ1n) is 6.62. The molecule has 0 saturated heterocycles. The molecular weight excluding hydrogens is 336 g/mol. The molecule has 2 heterocycles. The number of benzene rings is 1. The maximum Gasteiger partial charge on any atom is 0.258 e. The molecule has 8 heteroatoms. The lowest BCUT2D eigenvalue weighted by molar-refractivity contribution is -0.118. The molecule has 3 rings (SSSR count). The Morgan fingerprint density at radius 2 is 2.17 bits per heavy atom. The number of hydrazone groups is 1. The number of rotatable bonds is 5. The maximum atomic E-state index is 11.7. The van der Waals surface area contributed by atoms with Gasteiger partial charge in [-0.25, -0.2) is 10.4 Å². The number of oxazole rings is 1. The van der Waals surface area contributed by atoms with Gasteiger partial charge in [-0.3, -0.25) is 4.79 Å². The van der Waals surface area contributed by atoms with Crippen LogP contribution in [0.15, 0.2) is 57.3 Å². The van der Waals surface area contributed by atoms with Crippen molar-refractivity contribution in [3.8, 4) is 0 Å². The van der Waals surface area contributed by atoms with E-state index in [1.54, 1.807) is 48.8 Å². The molecule has 1 aromatic carbocycles. The number of carbonyl (C=O) groups is 1. The summed E-state index contributed by atoms with van der Waals surface area (Å²) in [6, 6.07) is 10.6. The third kappa shape index (κ3) is 4.30. The first-order chi connectivity index (χ1) is 11.2. The van der Waals surface area contributed by atoms with Crippen LogP contribution in [0.3, 0.4) is 0 Å². The third-order valence-corrected chi connectivity index (χ3v) is 3.83. The van der Waals surface area contributed by atoms with Gasteiger partial charge < -0.3 is 4.42 Å². The number of hydrogen-bond donors (Lipinski definition) is 1. The van der Waals surface area contributed by atoms with E-state index in [0.717, 1.165) is 5.56 Å². The maximum absolute atomic E-state index is 11.7. The molecule has 116 valence electrons. The molecule has 6 nitrogen and oxygen atoms in total. The molecule has 0 bridgehead atoms. The molecule has 1 N–H and O–H groups in total. The Labute approximate surface area is 141 Å². The number of carbonyl (C=O) groups excluding carboxylic acids is 1. The van der Waals surface area contributed by atoms with Gasteiger partial charge in [-0.15, -0.1) is 0 Å². The first-order valence-corrected chi connectivity index (χ1v) is 7.99. The second kappa shape index (κ2) is 7.26. The summed E-state index contributed by atoms with van der Waals surface area (Å²) in [5, 5.41) is 4.93. The standard InChI is InChI=1S/C15H11ClN4O2S/c16-11-5-3-10(4-6-11)8-18-20-13(21)9-23-15-19-14-12(22-15)2-1-7-17-14/h1-8H,9H2,(H,20,21)/b18-8+. The van der Waals surface area contributed by atoms with E-state index in [9.17, 15) is 4.79 Å². The van der Waals surface area contributed by atoms with Crippen LogP contribution in [0, 0.1) is 0 Å². The van der Waals surface area contributed by atoms with Crippen LogP contribution in [0.5, 0.6) is 0 Å². The van der Waals surface area contributed by atoms with E-state index in [-0.39, 0.29) is 11.7 Å². The minimum absolute atomic E-state index is 0.144. The number of nitrogens with zero attached hydrogens (tertiary/aromatic N) is 3. The number of aromatic nitrogens is 2. The number of halogens is 1. The van der Waals surface area contributed by atoms with Crippen LogP contribution in [0.25, 0.3) is 11.2 Å². The zero-order chi connectivity index (χ0) is 16.1. The average Bonchev–Trinajstić information content (AvgIpc) is 2.98. The number of amides is 1. The summed E-state index contributed by atoms with van der Waals surface area (Å²) < 4.78 is 5.46. The van der Waals surface area contributed by atoms with Gasteiger partial charge in [0.2, 0.25) is 0 Å². The fourth-order valence-corrected chi connectivity index (χ4v) is 2.44. The fraction of sp³-hybridized carbons (Fsp3) is 0.0667. The smallest absolute Gasteiger partial charge is 0.258 e. The van der Waals surface area contributed by atoms with Crippen LogP contribution >= 0.6 is 23.4 Å². The van der Waals surface area contributed by atoms with Gasteiger partial charge in [0.15, 0.2) is 11.2 Å². The van der Waals surface area contributed by atoms with Crippen LogP contribution in [-0.4, -0.2) is 27.8 Å². The molecule has 0 aliphatic carbocycles. The van der Waals surface area contributed by atoms with Crippen molar-refractivity contribution in [2.24, 2.45) is 5.10 Å². The van der Waals surface area contributed by atoms with E-state index in [0.29, 0.717) is 21.5 Å². The second-order valence-electron chi connectivity index (χ2n) is 4.44. The Bertz CT molecular complexity index is 815. The molecule has 0 atom stereocenters. The molecule has 0 unspecified atom stereocenters. The van der Waals surface area contributed by atoms with E-state index in [1.165, 1.54) is 11.8 Å². The van der Waals surface area contributed by atoms with Crippen LogP contribution in [0.4, 0.5) is 0 Å². The van der Waals surface area contributed by atoms with Gasteiger partial charge in [0.1, 0.15) is 0 Å². The molecule has 0 radical (unpaired) electrons. The highest BCUT2D eigenvalue weighted by molar-refractivity contribution is 7.99. The summed E-state index contributed by atoms with van der Waals surface area (Å²) in [6.45, 7) is 0. The molecule has 0 aliphatic heterocycles. The minimum atomic E-state index is -0.254. The van der Waals surface area contributed by atoms with Gasteiger partial charge in [-0.1, -0.05) is 35.5 Å². The van der Waals surface area contributed by atoms with Crippen molar-refractivity contribution in [2.75, 3.05) is 5.75 Å².